The van der Waals surface area contributed by atoms with Crippen molar-refractivity contribution < 1.29 is 19.1 Å². The summed E-state index contributed by atoms with van der Waals surface area (Å²) in [4.78, 5) is 41.3. The van der Waals surface area contributed by atoms with Gasteiger partial charge in [0.05, 0.1) is 11.1 Å². The highest BCUT2D eigenvalue weighted by atomic mass is 16.7. The third-order valence-electron chi connectivity index (χ3n) is 6.90. The molecule has 0 atom stereocenters. The van der Waals surface area contributed by atoms with E-state index in [-0.39, 0.29) is 31.7 Å². The molecule has 8 heteroatoms. The molecule has 0 radical (unpaired) electrons. The number of hydrogen-bond donors (Lipinski definition) is 1. The van der Waals surface area contributed by atoms with Crippen molar-refractivity contribution in [3.8, 4) is 11.5 Å². The average Bonchev–Trinajstić information content (AvgIpc) is 3.40. The number of para-hydroxylation sites is 1. The Morgan fingerprint density at radius 3 is 2.57 bits per heavy atom. The van der Waals surface area contributed by atoms with Crippen LogP contribution in [0.4, 0.5) is 0 Å². The fourth-order valence-electron chi connectivity index (χ4n) is 4.97. The second kappa shape index (κ2) is 9.46. The van der Waals surface area contributed by atoms with Crippen molar-refractivity contribution >= 4 is 22.7 Å². The molecule has 186 valence electrons. The van der Waals surface area contributed by atoms with Gasteiger partial charge in [-0.05, 0) is 41.3 Å². The maximum Gasteiger partial charge on any atom is 0.255 e. The van der Waals surface area contributed by atoms with Gasteiger partial charge in [0.25, 0.3) is 11.5 Å². The molecule has 6 rings (SSSR count). The number of nitrogens with one attached hydrogen (secondary N) is 1. The van der Waals surface area contributed by atoms with E-state index >= 15 is 0 Å². The fraction of sp³-hybridized carbons (Fsp3) is 0.207. The van der Waals surface area contributed by atoms with Crippen LogP contribution in [0.25, 0.3) is 10.9 Å². The Labute approximate surface area is 213 Å². The van der Waals surface area contributed by atoms with Gasteiger partial charge in [-0.1, -0.05) is 48.5 Å². The molecule has 0 bridgehead atoms. The molecule has 37 heavy (non-hydrogen) atoms. The molecule has 1 aromatic heterocycles. The third kappa shape index (κ3) is 4.42. The summed E-state index contributed by atoms with van der Waals surface area (Å²) >= 11 is 0. The second-order valence-electron chi connectivity index (χ2n) is 9.21. The molecule has 0 aliphatic carbocycles. The van der Waals surface area contributed by atoms with Gasteiger partial charge in [0.2, 0.25) is 12.7 Å². The zero-order valence-electron chi connectivity index (χ0n) is 20.1. The van der Waals surface area contributed by atoms with Crippen LogP contribution in [-0.2, 0) is 30.8 Å². The van der Waals surface area contributed by atoms with E-state index in [4.69, 9.17) is 9.47 Å². The summed E-state index contributed by atoms with van der Waals surface area (Å²) < 4.78 is 12.1. The minimum atomic E-state index is -0.391. The number of benzene rings is 3. The van der Waals surface area contributed by atoms with Crippen molar-refractivity contribution in [3.05, 3.63) is 105 Å². The molecule has 8 nitrogen and oxygen atoms in total. The van der Waals surface area contributed by atoms with Crippen LogP contribution in [0.15, 0.2) is 77.6 Å². The quantitative estimate of drug-likeness (QED) is 0.459. The summed E-state index contributed by atoms with van der Waals surface area (Å²) in [5.74, 6) is 0.835. The predicted octanol–water partition coefficient (Wildman–Crippen LogP) is 3.25. The molecule has 2 amide bonds. The zero-order valence-corrected chi connectivity index (χ0v) is 20.1. The van der Waals surface area contributed by atoms with Gasteiger partial charge in [-0.25, -0.2) is 0 Å². The highest BCUT2D eigenvalue weighted by molar-refractivity contribution is 6.06. The smallest absolute Gasteiger partial charge is 0.255 e. The second-order valence-corrected chi connectivity index (χ2v) is 9.21. The molecule has 4 aromatic rings. The number of aromatic nitrogens is 1. The van der Waals surface area contributed by atoms with Crippen molar-refractivity contribution in [3.63, 3.8) is 0 Å². The van der Waals surface area contributed by atoms with Gasteiger partial charge in [0.1, 0.15) is 6.54 Å². The number of fused-ring (bicyclic) bond motifs is 3. The van der Waals surface area contributed by atoms with E-state index in [9.17, 15) is 14.4 Å². The Morgan fingerprint density at radius 2 is 1.68 bits per heavy atom. The first-order chi connectivity index (χ1) is 18.1. The number of hydrogen-bond acceptors (Lipinski definition) is 5. The highest BCUT2D eigenvalue weighted by Gasteiger charge is 2.24. The largest absolute Gasteiger partial charge is 0.454 e. The summed E-state index contributed by atoms with van der Waals surface area (Å²) in [6.07, 6.45) is 0.778. The summed E-state index contributed by atoms with van der Waals surface area (Å²) in [7, 11) is 0. The molecule has 2 aliphatic rings. The van der Waals surface area contributed by atoms with Crippen LogP contribution in [0.2, 0.25) is 0 Å². The van der Waals surface area contributed by atoms with Gasteiger partial charge >= 0.3 is 0 Å². The minimum absolute atomic E-state index is 0.157. The Kier molecular flexibility index (Phi) is 5.84. The summed E-state index contributed by atoms with van der Waals surface area (Å²) in [5.41, 5.74) is 3.75. The summed E-state index contributed by atoms with van der Waals surface area (Å²) in [6.45, 7) is 1.42. The predicted molar refractivity (Wildman–Crippen MR) is 138 cm³/mol. The van der Waals surface area contributed by atoms with Crippen molar-refractivity contribution in [2.45, 2.75) is 26.1 Å². The van der Waals surface area contributed by atoms with Gasteiger partial charge < -0.3 is 19.7 Å². The number of pyridine rings is 1. The lowest BCUT2D eigenvalue weighted by molar-refractivity contribution is -0.121. The normalized spacial score (nSPS) is 13.9. The van der Waals surface area contributed by atoms with Gasteiger partial charge in [0, 0.05) is 31.1 Å². The SMILES string of the molecule is O=C(Cn1c(=O)cc(C(=O)N2CCc3ccccc3C2)c2ccccc21)NCc1ccc2c(c1)OCO2. The maximum atomic E-state index is 13.5. The van der Waals surface area contributed by atoms with Crippen molar-refractivity contribution in [1.82, 2.24) is 14.8 Å². The molecule has 0 fully saturated rings. The fourth-order valence-corrected chi connectivity index (χ4v) is 4.97. The molecule has 3 aromatic carbocycles. The monoisotopic (exact) mass is 495 g/mol. The molecule has 0 unspecified atom stereocenters. The lowest BCUT2D eigenvalue weighted by atomic mass is 9.98. The van der Waals surface area contributed by atoms with Crippen LogP contribution in [0.1, 0.15) is 27.0 Å². The number of carbonyl (C=O) groups excluding carboxylic acids is 2. The van der Waals surface area contributed by atoms with Crippen molar-refractivity contribution in [2.75, 3.05) is 13.3 Å². The van der Waals surface area contributed by atoms with Gasteiger partial charge in [-0.3, -0.25) is 19.0 Å². The Morgan fingerprint density at radius 1 is 0.892 bits per heavy atom. The molecule has 0 saturated carbocycles. The van der Waals surface area contributed by atoms with Crippen molar-refractivity contribution in [2.24, 2.45) is 0 Å². The number of amides is 2. The van der Waals surface area contributed by atoms with Gasteiger partial charge in [-0.15, -0.1) is 0 Å². The van der Waals surface area contributed by atoms with Crippen LogP contribution in [0.3, 0.4) is 0 Å². The van der Waals surface area contributed by atoms with E-state index in [1.54, 1.807) is 23.1 Å². The minimum Gasteiger partial charge on any atom is -0.454 e. The Balaban J connectivity index is 1.22. The lowest BCUT2D eigenvalue weighted by Gasteiger charge is -2.29. The molecule has 0 saturated heterocycles. The molecular weight excluding hydrogens is 470 g/mol. The molecular formula is C29H25N3O5. The molecule has 0 spiro atoms. The lowest BCUT2D eigenvalue weighted by Crippen LogP contribution is -2.37. The summed E-state index contributed by atoms with van der Waals surface area (Å²) in [6, 6.07) is 22.2. The topological polar surface area (TPSA) is 89.9 Å². The van der Waals surface area contributed by atoms with E-state index in [1.165, 1.54) is 16.2 Å². The number of rotatable bonds is 5. The first-order valence-electron chi connectivity index (χ1n) is 12.2. The van der Waals surface area contributed by atoms with Crippen LogP contribution >= 0.6 is 0 Å². The molecule has 3 heterocycles. The van der Waals surface area contributed by atoms with Crippen molar-refractivity contribution in [1.29, 1.82) is 0 Å². The number of ether oxygens (including phenoxy) is 2. The van der Waals surface area contributed by atoms with E-state index in [0.717, 1.165) is 17.5 Å². The molecule has 1 N–H and O–H groups in total. The third-order valence-corrected chi connectivity index (χ3v) is 6.90. The van der Waals surface area contributed by atoms with E-state index in [0.29, 0.717) is 41.1 Å². The first-order valence-corrected chi connectivity index (χ1v) is 12.2. The standard InChI is InChI=1S/C29H25N3O5/c33-27(30-15-19-9-10-25-26(13-19)37-18-36-25)17-32-24-8-4-3-7-22(24)23(14-28(32)34)29(35)31-12-11-20-5-1-2-6-21(20)16-31/h1-10,13-14H,11-12,15-18H2,(H,30,33). The van der Waals surface area contributed by atoms with E-state index in [2.05, 4.69) is 11.4 Å². The first kappa shape index (κ1) is 22.8. The number of carbonyl (C=O) groups is 2. The van der Waals surface area contributed by atoms with E-state index in [1.807, 2.05) is 42.5 Å². The Bertz CT molecular complexity index is 1590. The van der Waals surface area contributed by atoms with E-state index < -0.39 is 5.56 Å². The number of nitrogens with zero attached hydrogens (tertiary/aromatic N) is 2. The van der Waals surface area contributed by atoms with Crippen LogP contribution in [0.5, 0.6) is 11.5 Å². The average molecular weight is 496 g/mol. The Hall–Kier alpha value is -4.59. The van der Waals surface area contributed by atoms with Gasteiger partial charge in [-0.2, -0.15) is 0 Å². The maximum absolute atomic E-state index is 13.5. The highest BCUT2D eigenvalue weighted by Crippen LogP contribution is 2.32. The van der Waals surface area contributed by atoms with Gasteiger partial charge in [0.15, 0.2) is 11.5 Å². The summed E-state index contributed by atoms with van der Waals surface area (Å²) in [5, 5.41) is 3.51. The zero-order chi connectivity index (χ0) is 25.4. The molecule has 2 aliphatic heterocycles. The van der Waals surface area contributed by atoms with Crippen LogP contribution in [-0.4, -0.2) is 34.6 Å². The van der Waals surface area contributed by atoms with Crippen LogP contribution < -0.4 is 20.3 Å². The van der Waals surface area contributed by atoms with Crippen LogP contribution in [0, 0.1) is 0 Å².